The van der Waals surface area contributed by atoms with E-state index in [0.29, 0.717) is 5.02 Å². The van der Waals surface area contributed by atoms with Crippen molar-refractivity contribution in [3.05, 3.63) is 28.8 Å². The Morgan fingerprint density at radius 2 is 2.06 bits per heavy atom. The van der Waals surface area contributed by atoms with Crippen LogP contribution in [0.2, 0.25) is 5.02 Å². The van der Waals surface area contributed by atoms with Gasteiger partial charge in [0.1, 0.15) is 0 Å². The number of benzene rings is 1. The summed E-state index contributed by atoms with van der Waals surface area (Å²) in [5, 5.41) is 3.61. The lowest BCUT2D eigenvalue weighted by molar-refractivity contribution is -0.120. The molecule has 0 aliphatic carbocycles. The highest BCUT2D eigenvalue weighted by molar-refractivity contribution is 6.31. The Morgan fingerprint density at radius 1 is 1.39 bits per heavy atom. The molecule has 2 rings (SSSR count). The van der Waals surface area contributed by atoms with Crippen molar-refractivity contribution in [1.82, 2.24) is 4.90 Å². The van der Waals surface area contributed by atoms with Gasteiger partial charge in [0.25, 0.3) is 0 Å². The summed E-state index contributed by atoms with van der Waals surface area (Å²) in [7, 11) is 0. The number of nitrogens with one attached hydrogen (secondary N) is 1. The van der Waals surface area contributed by atoms with Crippen molar-refractivity contribution in [2.75, 3.05) is 18.4 Å². The summed E-state index contributed by atoms with van der Waals surface area (Å²) >= 11 is 5.95. The first-order valence-corrected chi connectivity index (χ1v) is 6.77. The van der Waals surface area contributed by atoms with E-state index in [4.69, 9.17) is 11.6 Å². The summed E-state index contributed by atoms with van der Waals surface area (Å²) in [6.07, 6.45) is 2.38. The number of hydrogen-bond acceptors (Lipinski definition) is 2. The molecule has 1 atom stereocenters. The molecule has 1 aliphatic rings. The molecule has 1 aromatic carbocycles. The molecule has 0 aromatic heterocycles. The van der Waals surface area contributed by atoms with Gasteiger partial charge in [-0.2, -0.15) is 0 Å². The minimum Gasteiger partial charge on any atom is -0.324 e. The highest BCUT2D eigenvalue weighted by Crippen LogP contribution is 2.21. The van der Waals surface area contributed by atoms with Gasteiger partial charge in [0.2, 0.25) is 5.91 Å². The zero-order valence-corrected chi connectivity index (χ0v) is 11.6. The molecule has 4 heteroatoms. The number of hydrogen-bond donors (Lipinski definition) is 1. The minimum atomic E-state index is -0.0779. The Bertz CT molecular complexity index is 441. The quantitative estimate of drug-likeness (QED) is 0.912. The van der Waals surface area contributed by atoms with E-state index >= 15 is 0 Å². The highest BCUT2D eigenvalue weighted by atomic mass is 35.5. The topological polar surface area (TPSA) is 32.3 Å². The molecule has 1 heterocycles. The van der Waals surface area contributed by atoms with Crippen molar-refractivity contribution >= 4 is 23.2 Å². The summed E-state index contributed by atoms with van der Waals surface area (Å²) in [5.41, 5.74) is 1.83. The molecule has 1 aromatic rings. The maximum atomic E-state index is 12.2. The van der Waals surface area contributed by atoms with Gasteiger partial charge in [0.15, 0.2) is 0 Å². The lowest BCUT2D eigenvalue weighted by Crippen LogP contribution is -2.40. The fourth-order valence-corrected chi connectivity index (χ4v) is 2.43. The predicted molar refractivity (Wildman–Crippen MR) is 75.1 cm³/mol. The van der Waals surface area contributed by atoms with Gasteiger partial charge in [0.05, 0.1) is 6.04 Å². The minimum absolute atomic E-state index is 0.0438. The third kappa shape index (κ3) is 3.03. The Kier molecular flexibility index (Phi) is 4.25. The van der Waals surface area contributed by atoms with Crippen molar-refractivity contribution in [2.24, 2.45) is 0 Å². The number of carbonyl (C=O) groups excluding carboxylic acids is 1. The molecule has 0 radical (unpaired) electrons. The molecule has 1 aliphatic heterocycles. The number of halogens is 1. The first-order chi connectivity index (χ1) is 8.58. The standard InChI is InChI=1S/C14H19ClN2O/c1-10-5-6-12(15)9-13(10)16-14(18)11(2)17-7-3-4-8-17/h5-6,9,11H,3-4,7-8H2,1-2H3,(H,16,18)/t11-/m0/s1. The molecule has 1 saturated heterocycles. The maximum absolute atomic E-state index is 12.2. The average molecular weight is 267 g/mol. The molecule has 1 N–H and O–H groups in total. The van der Waals surface area contributed by atoms with Crippen molar-refractivity contribution in [2.45, 2.75) is 32.7 Å². The van der Waals surface area contributed by atoms with Gasteiger partial charge in [-0.3, -0.25) is 9.69 Å². The van der Waals surface area contributed by atoms with Crippen molar-refractivity contribution in [1.29, 1.82) is 0 Å². The van der Waals surface area contributed by atoms with Crippen LogP contribution in [0.15, 0.2) is 18.2 Å². The zero-order valence-electron chi connectivity index (χ0n) is 10.9. The van der Waals surface area contributed by atoms with E-state index in [2.05, 4.69) is 10.2 Å². The van der Waals surface area contributed by atoms with Crippen LogP contribution in [0.25, 0.3) is 0 Å². The molecular formula is C14H19ClN2O. The van der Waals surface area contributed by atoms with Crippen LogP contribution in [0.1, 0.15) is 25.3 Å². The Labute approximate surface area is 113 Å². The Hall–Kier alpha value is -1.06. The van der Waals surface area contributed by atoms with Crippen molar-refractivity contribution in [3.8, 4) is 0 Å². The molecule has 0 bridgehead atoms. The molecule has 98 valence electrons. The van der Waals surface area contributed by atoms with E-state index in [0.717, 1.165) is 24.3 Å². The molecule has 0 saturated carbocycles. The van der Waals surface area contributed by atoms with E-state index in [1.165, 1.54) is 12.8 Å². The molecular weight excluding hydrogens is 248 g/mol. The SMILES string of the molecule is Cc1ccc(Cl)cc1NC(=O)[C@H](C)N1CCCC1. The summed E-state index contributed by atoms with van der Waals surface area (Å²) in [6, 6.07) is 5.46. The lowest BCUT2D eigenvalue weighted by Gasteiger charge is -2.23. The third-order valence-corrected chi connectivity index (χ3v) is 3.76. The lowest BCUT2D eigenvalue weighted by atomic mass is 10.2. The van der Waals surface area contributed by atoms with Gasteiger partial charge in [-0.1, -0.05) is 17.7 Å². The second kappa shape index (κ2) is 5.72. The average Bonchev–Trinajstić information content (AvgIpc) is 2.86. The summed E-state index contributed by atoms with van der Waals surface area (Å²) in [6.45, 7) is 5.96. The van der Waals surface area contributed by atoms with Crippen molar-refractivity contribution < 1.29 is 4.79 Å². The second-order valence-electron chi connectivity index (χ2n) is 4.87. The number of rotatable bonds is 3. The fraction of sp³-hybridized carbons (Fsp3) is 0.500. The van der Waals surface area contributed by atoms with E-state index in [1.807, 2.05) is 26.0 Å². The number of aryl methyl sites for hydroxylation is 1. The van der Waals surface area contributed by atoms with Gasteiger partial charge >= 0.3 is 0 Å². The van der Waals surface area contributed by atoms with Gasteiger partial charge in [-0.25, -0.2) is 0 Å². The summed E-state index contributed by atoms with van der Waals surface area (Å²) in [5.74, 6) is 0.0438. The Morgan fingerprint density at radius 3 is 2.72 bits per heavy atom. The van der Waals surface area contributed by atoms with Gasteiger partial charge in [0, 0.05) is 10.7 Å². The Balaban J connectivity index is 2.03. The molecule has 3 nitrogen and oxygen atoms in total. The van der Waals surface area contributed by atoms with Gasteiger partial charge in [-0.15, -0.1) is 0 Å². The number of amides is 1. The number of carbonyl (C=O) groups is 1. The highest BCUT2D eigenvalue weighted by Gasteiger charge is 2.24. The van der Waals surface area contributed by atoms with Crippen LogP contribution >= 0.6 is 11.6 Å². The van der Waals surface area contributed by atoms with Crippen LogP contribution in [0.4, 0.5) is 5.69 Å². The first-order valence-electron chi connectivity index (χ1n) is 6.39. The van der Waals surface area contributed by atoms with Crippen LogP contribution in [0.5, 0.6) is 0 Å². The summed E-state index contributed by atoms with van der Waals surface area (Å²) in [4.78, 5) is 14.4. The van der Waals surface area contributed by atoms with Crippen LogP contribution in [-0.4, -0.2) is 29.9 Å². The number of likely N-dealkylation sites (tertiary alicyclic amines) is 1. The third-order valence-electron chi connectivity index (χ3n) is 3.53. The molecule has 1 amide bonds. The van der Waals surface area contributed by atoms with E-state index in [-0.39, 0.29) is 11.9 Å². The largest absolute Gasteiger partial charge is 0.324 e. The smallest absolute Gasteiger partial charge is 0.241 e. The van der Waals surface area contributed by atoms with E-state index in [1.54, 1.807) is 6.07 Å². The molecule has 0 unspecified atom stereocenters. The second-order valence-corrected chi connectivity index (χ2v) is 5.30. The number of nitrogens with zero attached hydrogens (tertiary/aromatic N) is 1. The monoisotopic (exact) mass is 266 g/mol. The first kappa shape index (κ1) is 13.4. The van der Waals surface area contributed by atoms with Crippen LogP contribution in [0.3, 0.4) is 0 Å². The van der Waals surface area contributed by atoms with Gasteiger partial charge in [-0.05, 0) is 57.5 Å². The zero-order chi connectivity index (χ0) is 13.1. The van der Waals surface area contributed by atoms with Gasteiger partial charge < -0.3 is 5.32 Å². The predicted octanol–water partition coefficient (Wildman–Crippen LogP) is 3.07. The number of anilines is 1. The molecule has 0 spiro atoms. The van der Waals surface area contributed by atoms with E-state index in [9.17, 15) is 4.79 Å². The van der Waals surface area contributed by atoms with E-state index < -0.39 is 0 Å². The van der Waals surface area contributed by atoms with Crippen molar-refractivity contribution in [3.63, 3.8) is 0 Å². The van der Waals surface area contributed by atoms with Crippen LogP contribution in [0, 0.1) is 6.92 Å². The normalized spacial score (nSPS) is 17.7. The maximum Gasteiger partial charge on any atom is 0.241 e. The summed E-state index contributed by atoms with van der Waals surface area (Å²) < 4.78 is 0. The van der Waals surface area contributed by atoms with Crippen LogP contribution in [-0.2, 0) is 4.79 Å². The van der Waals surface area contributed by atoms with Crippen LogP contribution < -0.4 is 5.32 Å². The molecule has 18 heavy (non-hydrogen) atoms. The molecule has 1 fully saturated rings. The fourth-order valence-electron chi connectivity index (χ4n) is 2.26.